The zero-order chi connectivity index (χ0) is 26.0. The van der Waals surface area contributed by atoms with Crippen LogP contribution < -0.4 is 21.8 Å². The molecule has 0 spiro atoms. The van der Waals surface area contributed by atoms with E-state index in [1.807, 2.05) is 61.5 Å². The average Bonchev–Trinajstić information content (AvgIpc) is 2.86. The van der Waals surface area contributed by atoms with Gasteiger partial charge in [0.25, 0.3) is 0 Å². The molecule has 0 saturated carbocycles. The van der Waals surface area contributed by atoms with Gasteiger partial charge in [-0.15, -0.1) is 0 Å². The highest BCUT2D eigenvalue weighted by Gasteiger charge is 2.30. The van der Waals surface area contributed by atoms with Crippen molar-refractivity contribution < 1.29 is 24.4 Å². The van der Waals surface area contributed by atoms with E-state index in [1.165, 1.54) is 12.4 Å². The monoisotopic (exact) mass is 482 g/mol. The molecular formula is C26H34N4O5. The van der Waals surface area contributed by atoms with E-state index >= 15 is 0 Å². The summed E-state index contributed by atoms with van der Waals surface area (Å²) in [4.78, 5) is 49.2. The molecule has 188 valence electrons. The van der Waals surface area contributed by atoms with Gasteiger partial charge in [-0.1, -0.05) is 81.8 Å². The molecule has 0 aliphatic carbocycles. The summed E-state index contributed by atoms with van der Waals surface area (Å²) in [7, 11) is 0. The van der Waals surface area contributed by atoms with Crippen molar-refractivity contribution in [1.82, 2.24) is 16.1 Å². The van der Waals surface area contributed by atoms with Crippen molar-refractivity contribution in [3.8, 4) is 11.1 Å². The Morgan fingerprint density at radius 1 is 0.886 bits per heavy atom. The standard InChI is InChI=1S/C26H34N4O5/c1-4-16(2)23(24(27)32)29-26(34)21(28-25(33)17(3)14-22(31)30-35)15-18-10-12-20(13-11-18)19-8-6-5-7-9-19/h5-13,16-17,21,23,35H,4,14-15H2,1-3H3,(H2,27,32)(H,28,33)(H,29,34)(H,30,31)/t16?,17-,21+,23+/m1/s1. The number of carbonyl (C=O) groups is 4. The molecule has 0 radical (unpaired) electrons. The van der Waals surface area contributed by atoms with Crippen LogP contribution in [0.2, 0.25) is 0 Å². The summed E-state index contributed by atoms with van der Waals surface area (Å²) < 4.78 is 0. The summed E-state index contributed by atoms with van der Waals surface area (Å²) in [5.74, 6) is -3.43. The fraction of sp³-hybridized carbons (Fsp3) is 0.385. The number of hydrogen-bond acceptors (Lipinski definition) is 5. The number of nitrogens with one attached hydrogen (secondary N) is 3. The van der Waals surface area contributed by atoms with E-state index in [-0.39, 0.29) is 18.8 Å². The zero-order valence-corrected chi connectivity index (χ0v) is 20.3. The highest BCUT2D eigenvalue weighted by atomic mass is 16.5. The van der Waals surface area contributed by atoms with Gasteiger partial charge in [0.1, 0.15) is 12.1 Å². The minimum atomic E-state index is -1.00. The highest BCUT2D eigenvalue weighted by molar-refractivity contribution is 5.93. The number of carbonyl (C=O) groups excluding carboxylic acids is 4. The third-order valence-corrected chi connectivity index (χ3v) is 6.02. The van der Waals surface area contributed by atoms with E-state index in [4.69, 9.17) is 10.9 Å². The van der Waals surface area contributed by atoms with E-state index in [1.54, 1.807) is 6.92 Å². The summed E-state index contributed by atoms with van der Waals surface area (Å²) in [5, 5.41) is 14.1. The SMILES string of the molecule is CCC(C)[C@H](NC(=O)[C@H](Cc1ccc(-c2ccccc2)cc1)NC(=O)[C@H](C)CC(=O)NO)C(N)=O. The first kappa shape index (κ1) is 27.5. The summed E-state index contributed by atoms with van der Waals surface area (Å²) in [6, 6.07) is 15.5. The number of benzene rings is 2. The van der Waals surface area contributed by atoms with Crippen LogP contribution >= 0.6 is 0 Å². The number of rotatable bonds is 12. The van der Waals surface area contributed by atoms with Crippen LogP contribution in [0.15, 0.2) is 54.6 Å². The van der Waals surface area contributed by atoms with Crippen molar-refractivity contribution in [3.05, 3.63) is 60.2 Å². The Morgan fingerprint density at radius 3 is 2.03 bits per heavy atom. The average molecular weight is 483 g/mol. The van der Waals surface area contributed by atoms with Crippen molar-refractivity contribution in [2.75, 3.05) is 0 Å². The lowest BCUT2D eigenvalue weighted by Gasteiger charge is -2.26. The fourth-order valence-electron chi connectivity index (χ4n) is 3.62. The summed E-state index contributed by atoms with van der Waals surface area (Å²) in [6.45, 7) is 5.20. The van der Waals surface area contributed by atoms with Crippen LogP contribution in [-0.4, -0.2) is 40.9 Å². The molecule has 35 heavy (non-hydrogen) atoms. The second kappa shape index (κ2) is 13.2. The second-order valence-electron chi connectivity index (χ2n) is 8.74. The van der Waals surface area contributed by atoms with Crippen LogP contribution in [-0.2, 0) is 25.6 Å². The van der Waals surface area contributed by atoms with Crippen molar-refractivity contribution >= 4 is 23.6 Å². The Balaban J connectivity index is 2.23. The third kappa shape index (κ3) is 8.22. The fourth-order valence-corrected chi connectivity index (χ4v) is 3.62. The molecule has 6 N–H and O–H groups in total. The lowest BCUT2D eigenvalue weighted by atomic mass is 9.96. The molecule has 0 aliphatic heterocycles. The Hall–Kier alpha value is -3.72. The normalized spacial score (nSPS) is 14.2. The maximum Gasteiger partial charge on any atom is 0.244 e. The van der Waals surface area contributed by atoms with Gasteiger partial charge in [-0.2, -0.15) is 0 Å². The van der Waals surface area contributed by atoms with Crippen molar-refractivity contribution in [1.29, 1.82) is 0 Å². The quantitative estimate of drug-likeness (QED) is 0.231. The molecule has 0 aliphatic rings. The van der Waals surface area contributed by atoms with Gasteiger partial charge in [-0.05, 0) is 22.6 Å². The van der Waals surface area contributed by atoms with Gasteiger partial charge in [0.05, 0.1) is 0 Å². The van der Waals surface area contributed by atoms with E-state index < -0.39 is 41.6 Å². The summed E-state index contributed by atoms with van der Waals surface area (Å²) >= 11 is 0. The smallest absolute Gasteiger partial charge is 0.244 e. The molecule has 0 fully saturated rings. The predicted molar refractivity (Wildman–Crippen MR) is 132 cm³/mol. The first-order valence-electron chi connectivity index (χ1n) is 11.6. The number of primary amides is 1. The topological polar surface area (TPSA) is 151 Å². The number of nitrogens with two attached hydrogens (primary N) is 1. The van der Waals surface area contributed by atoms with Gasteiger partial charge < -0.3 is 16.4 Å². The van der Waals surface area contributed by atoms with E-state index in [0.29, 0.717) is 6.42 Å². The van der Waals surface area contributed by atoms with Crippen LogP contribution in [0.25, 0.3) is 11.1 Å². The Morgan fingerprint density at radius 2 is 1.49 bits per heavy atom. The van der Waals surface area contributed by atoms with Crippen LogP contribution in [0.1, 0.15) is 39.2 Å². The molecule has 0 aromatic heterocycles. The van der Waals surface area contributed by atoms with Crippen molar-refractivity contribution in [3.63, 3.8) is 0 Å². The van der Waals surface area contributed by atoms with Gasteiger partial charge >= 0.3 is 0 Å². The van der Waals surface area contributed by atoms with E-state index in [9.17, 15) is 19.2 Å². The molecule has 0 bridgehead atoms. The zero-order valence-electron chi connectivity index (χ0n) is 20.3. The number of hydrogen-bond donors (Lipinski definition) is 5. The Kier molecular flexibility index (Phi) is 10.4. The van der Waals surface area contributed by atoms with Crippen molar-refractivity contribution in [2.24, 2.45) is 17.6 Å². The highest BCUT2D eigenvalue weighted by Crippen LogP contribution is 2.20. The molecule has 4 atom stereocenters. The van der Waals surface area contributed by atoms with E-state index in [0.717, 1.165) is 16.7 Å². The Bertz CT molecular complexity index is 1010. The first-order valence-corrected chi connectivity index (χ1v) is 11.6. The van der Waals surface area contributed by atoms with Gasteiger partial charge in [0.15, 0.2) is 0 Å². The lowest BCUT2D eigenvalue weighted by molar-refractivity contribution is -0.136. The summed E-state index contributed by atoms with van der Waals surface area (Å²) in [6.07, 6.45) is 0.538. The van der Waals surface area contributed by atoms with Crippen LogP contribution in [0, 0.1) is 11.8 Å². The molecule has 2 rings (SSSR count). The van der Waals surface area contributed by atoms with Crippen LogP contribution in [0.3, 0.4) is 0 Å². The molecule has 2 aromatic carbocycles. The molecular weight excluding hydrogens is 448 g/mol. The van der Waals surface area contributed by atoms with Crippen LogP contribution in [0.4, 0.5) is 0 Å². The molecule has 1 unspecified atom stereocenters. The van der Waals surface area contributed by atoms with E-state index in [2.05, 4.69) is 10.6 Å². The number of amides is 4. The molecule has 0 saturated heterocycles. The lowest BCUT2D eigenvalue weighted by Crippen LogP contribution is -2.56. The summed E-state index contributed by atoms with van der Waals surface area (Å²) in [5.41, 5.74) is 9.85. The largest absolute Gasteiger partial charge is 0.368 e. The van der Waals surface area contributed by atoms with Gasteiger partial charge in [0, 0.05) is 18.8 Å². The van der Waals surface area contributed by atoms with Gasteiger partial charge in [-0.25, -0.2) is 5.48 Å². The minimum absolute atomic E-state index is 0.164. The predicted octanol–water partition coefficient (Wildman–Crippen LogP) is 1.93. The van der Waals surface area contributed by atoms with Crippen molar-refractivity contribution in [2.45, 2.75) is 52.1 Å². The molecule has 9 heteroatoms. The maximum absolute atomic E-state index is 13.2. The second-order valence-corrected chi connectivity index (χ2v) is 8.74. The molecule has 4 amide bonds. The molecule has 2 aromatic rings. The first-order chi connectivity index (χ1) is 16.7. The Labute approximate surface area is 205 Å². The van der Waals surface area contributed by atoms with Gasteiger partial charge in [0.2, 0.25) is 23.6 Å². The molecule has 9 nitrogen and oxygen atoms in total. The molecule has 0 heterocycles. The third-order valence-electron chi connectivity index (χ3n) is 6.02. The van der Waals surface area contributed by atoms with Gasteiger partial charge in [-0.3, -0.25) is 24.4 Å². The maximum atomic E-state index is 13.2. The number of hydroxylamine groups is 1. The minimum Gasteiger partial charge on any atom is -0.368 e. The van der Waals surface area contributed by atoms with Crippen LogP contribution in [0.5, 0.6) is 0 Å².